The van der Waals surface area contributed by atoms with Gasteiger partial charge in [0.1, 0.15) is 5.76 Å². The van der Waals surface area contributed by atoms with E-state index in [1.807, 2.05) is 19.2 Å². The zero-order chi connectivity index (χ0) is 14.8. The van der Waals surface area contributed by atoms with Crippen LogP contribution in [-0.4, -0.2) is 7.05 Å². The highest BCUT2D eigenvalue weighted by atomic mass is 19.1. The van der Waals surface area contributed by atoms with Crippen molar-refractivity contribution in [3.8, 4) is 0 Å². The van der Waals surface area contributed by atoms with Crippen molar-refractivity contribution in [1.82, 2.24) is 5.32 Å². The highest BCUT2D eigenvalue weighted by Crippen LogP contribution is 2.39. The minimum atomic E-state index is -0.274. The van der Waals surface area contributed by atoms with E-state index in [9.17, 15) is 4.39 Å². The van der Waals surface area contributed by atoms with Crippen LogP contribution < -0.4 is 5.32 Å². The average Bonchev–Trinajstić information content (AvgIpc) is 2.93. The number of hydrogen-bond donors (Lipinski definition) is 1. The molecule has 3 heteroatoms. The summed E-state index contributed by atoms with van der Waals surface area (Å²) in [4.78, 5) is 0. The Labute approximate surface area is 125 Å². The first-order chi connectivity index (χ1) is 10.2. The molecule has 1 fully saturated rings. The lowest BCUT2D eigenvalue weighted by Gasteiger charge is -2.33. The molecule has 1 aliphatic rings. The van der Waals surface area contributed by atoms with Gasteiger partial charge in [0.2, 0.25) is 0 Å². The first kappa shape index (κ1) is 14.6. The highest BCUT2D eigenvalue weighted by molar-refractivity contribution is 5.78. The van der Waals surface area contributed by atoms with E-state index in [4.69, 9.17) is 4.42 Å². The Kier molecular flexibility index (Phi) is 4.29. The van der Waals surface area contributed by atoms with Crippen molar-refractivity contribution in [3.63, 3.8) is 0 Å². The molecule has 3 unspecified atom stereocenters. The Hall–Kier alpha value is -1.35. The molecule has 1 aliphatic carbocycles. The summed E-state index contributed by atoms with van der Waals surface area (Å²) < 4.78 is 19.6. The molecule has 1 aromatic carbocycles. The molecule has 1 N–H and O–H groups in total. The lowest BCUT2D eigenvalue weighted by atomic mass is 9.76. The Morgan fingerprint density at radius 3 is 2.95 bits per heavy atom. The average molecular weight is 289 g/mol. The molecular weight excluding hydrogens is 265 g/mol. The van der Waals surface area contributed by atoms with Gasteiger partial charge < -0.3 is 9.73 Å². The molecule has 2 aromatic rings. The molecule has 1 heterocycles. The highest BCUT2D eigenvalue weighted by Gasteiger charge is 2.30. The summed E-state index contributed by atoms with van der Waals surface area (Å²) in [6, 6.07) is 7.28. The molecule has 1 aromatic heterocycles. The molecule has 3 atom stereocenters. The third-order valence-corrected chi connectivity index (χ3v) is 5.00. The summed E-state index contributed by atoms with van der Waals surface area (Å²) in [7, 11) is 1.98. The molecular formula is C18H24FNO. The standard InChI is InChI=1S/C18H24FNO/c1-3-12-6-4-7-13(10-12)17(20-2)16-11-14-8-5-9-15(19)18(14)21-16/h5,8-9,11-13,17,20H,3-4,6-7,10H2,1-2H3. The predicted octanol–water partition coefficient (Wildman–Crippen LogP) is 5.05. The first-order valence-corrected chi connectivity index (χ1v) is 8.08. The van der Waals surface area contributed by atoms with Gasteiger partial charge in [0, 0.05) is 5.39 Å². The molecule has 0 saturated heterocycles. The van der Waals surface area contributed by atoms with Gasteiger partial charge >= 0.3 is 0 Å². The number of nitrogens with one attached hydrogen (secondary N) is 1. The Morgan fingerprint density at radius 2 is 2.24 bits per heavy atom. The Morgan fingerprint density at radius 1 is 1.38 bits per heavy atom. The molecule has 114 valence electrons. The lowest BCUT2D eigenvalue weighted by Crippen LogP contribution is -2.29. The van der Waals surface area contributed by atoms with Gasteiger partial charge in [-0.05, 0) is 43.9 Å². The molecule has 0 amide bonds. The van der Waals surface area contributed by atoms with Crippen molar-refractivity contribution in [2.45, 2.75) is 45.1 Å². The van der Waals surface area contributed by atoms with Crippen molar-refractivity contribution in [2.24, 2.45) is 11.8 Å². The van der Waals surface area contributed by atoms with Crippen LogP contribution in [0.3, 0.4) is 0 Å². The number of furan rings is 1. The topological polar surface area (TPSA) is 25.2 Å². The minimum Gasteiger partial charge on any atom is -0.456 e. The second kappa shape index (κ2) is 6.18. The fourth-order valence-corrected chi connectivity index (χ4v) is 3.82. The quantitative estimate of drug-likeness (QED) is 0.852. The van der Waals surface area contributed by atoms with Crippen molar-refractivity contribution in [2.75, 3.05) is 7.05 Å². The summed E-state index contributed by atoms with van der Waals surface area (Å²) in [5.74, 6) is 2.00. The number of rotatable bonds is 4. The van der Waals surface area contributed by atoms with Crippen LogP contribution in [0.15, 0.2) is 28.7 Å². The molecule has 0 aliphatic heterocycles. The van der Waals surface area contributed by atoms with E-state index in [-0.39, 0.29) is 11.9 Å². The van der Waals surface area contributed by atoms with Crippen LogP contribution in [0.1, 0.15) is 50.8 Å². The molecule has 1 saturated carbocycles. The van der Waals surface area contributed by atoms with Crippen LogP contribution in [-0.2, 0) is 0 Å². The van der Waals surface area contributed by atoms with E-state index in [0.29, 0.717) is 11.5 Å². The van der Waals surface area contributed by atoms with Gasteiger partial charge in [-0.1, -0.05) is 38.3 Å². The Balaban J connectivity index is 1.89. The monoisotopic (exact) mass is 289 g/mol. The van der Waals surface area contributed by atoms with Gasteiger partial charge in [-0.15, -0.1) is 0 Å². The zero-order valence-electron chi connectivity index (χ0n) is 12.9. The molecule has 0 radical (unpaired) electrons. The third-order valence-electron chi connectivity index (χ3n) is 5.00. The number of fused-ring (bicyclic) bond motifs is 1. The van der Waals surface area contributed by atoms with Crippen LogP contribution in [0.4, 0.5) is 4.39 Å². The molecule has 0 spiro atoms. The maximum atomic E-state index is 13.8. The Bertz CT molecular complexity index is 606. The van der Waals surface area contributed by atoms with Gasteiger partial charge in [-0.2, -0.15) is 0 Å². The van der Waals surface area contributed by atoms with E-state index >= 15 is 0 Å². The normalized spacial score (nSPS) is 24.3. The predicted molar refractivity (Wildman–Crippen MR) is 83.7 cm³/mol. The van der Waals surface area contributed by atoms with Crippen LogP contribution >= 0.6 is 0 Å². The summed E-state index contributed by atoms with van der Waals surface area (Å²) in [6.07, 6.45) is 6.35. The lowest BCUT2D eigenvalue weighted by molar-refractivity contribution is 0.200. The number of benzene rings is 1. The van der Waals surface area contributed by atoms with E-state index < -0.39 is 0 Å². The third kappa shape index (κ3) is 2.84. The van der Waals surface area contributed by atoms with Gasteiger partial charge in [0.05, 0.1) is 6.04 Å². The van der Waals surface area contributed by atoms with E-state index in [2.05, 4.69) is 12.2 Å². The van der Waals surface area contributed by atoms with Crippen molar-refractivity contribution in [3.05, 3.63) is 35.8 Å². The fourth-order valence-electron chi connectivity index (χ4n) is 3.82. The number of halogens is 1. The summed E-state index contributed by atoms with van der Waals surface area (Å²) in [6.45, 7) is 2.28. The maximum absolute atomic E-state index is 13.8. The first-order valence-electron chi connectivity index (χ1n) is 8.08. The minimum absolute atomic E-state index is 0.186. The van der Waals surface area contributed by atoms with Crippen LogP contribution in [0.2, 0.25) is 0 Å². The smallest absolute Gasteiger partial charge is 0.169 e. The fraction of sp³-hybridized carbons (Fsp3) is 0.556. The summed E-state index contributed by atoms with van der Waals surface area (Å²) >= 11 is 0. The van der Waals surface area contributed by atoms with Gasteiger partial charge in [-0.25, -0.2) is 4.39 Å². The van der Waals surface area contributed by atoms with E-state index in [1.54, 1.807) is 6.07 Å². The van der Waals surface area contributed by atoms with E-state index in [0.717, 1.165) is 17.1 Å². The van der Waals surface area contributed by atoms with Gasteiger partial charge in [-0.3, -0.25) is 0 Å². The van der Waals surface area contributed by atoms with Gasteiger partial charge in [0.15, 0.2) is 11.4 Å². The largest absolute Gasteiger partial charge is 0.456 e. The molecule has 2 nitrogen and oxygen atoms in total. The summed E-state index contributed by atoms with van der Waals surface area (Å²) in [5.41, 5.74) is 0.385. The van der Waals surface area contributed by atoms with Crippen molar-refractivity contribution < 1.29 is 8.81 Å². The molecule has 21 heavy (non-hydrogen) atoms. The summed E-state index contributed by atoms with van der Waals surface area (Å²) in [5, 5.41) is 4.25. The second-order valence-electron chi connectivity index (χ2n) is 6.27. The van der Waals surface area contributed by atoms with Gasteiger partial charge in [0.25, 0.3) is 0 Å². The van der Waals surface area contributed by atoms with Crippen molar-refractivity contribution >= 4 is 11.0 Å². The maximum Gasteiger partial charge on any atom is 0.169 e. The molecule has 3 rings (SSSR count). The second-order valence-corrected chi connectivity index (χ2v) is 6.27. The van der Waals surface area contributed by atoms with E-state index in [1.165, 1.54) is 38.2 Å². The van der Waals surface area contributed by atoms with Crippen LogP contribution in [0, 0.1) is 17.7 Å². The number of para-hydroxylation sites is 1. The zero-order valence-corrected chi connectivity index (χ0v) is 12.9. The molecule has 0 bridgehead atoms. The van der Waals surface area contributed by atoms with Crippen LogP contribution in [0.5, 0.6) is 0 Å². The van der Waals surface area contributed by atoms with Crippen LogP contribution in [0.25, 0.3) is 11.0 Å². The number of hydrogen-bond acceptors (Lipinski definition) is 2. The van der Waals surface area contributed by atoms with Crippen molar-refractivity contribution in [1.29, 1.82) is 0 Å². The SMILES string of the molecule is CCC1CCCC(C(NC)c2cc3cccc(F)c3o2)C1.